The first-order valence-corrected chi connectivity index (χ1v) is 7.20. The number of nitrogens with one attached hydrogen (secondary N) is 1. The minimum atomic E-state index is -4.53. The molecular formula is C16H11F4N5O. The minimum absolute atomic E-state index is 0.0525. The van der Waals surface area contributed by atoms with Crippen molar-refractivity contribution in [3.05, 3.63) is 65.7 Å². The summed E-state index contributed by atoms with van der Waals surface area (Å²) >= 11 is 0. The van der Waals surface area contributed by atoms with Gasteiger partial charge in [-0.25, -0.2) is 14.1 Å². The summed E-state index contributed by atoms with van der Waals surface area (Å²) in [7, 11) is 0. The fourth-order valence-corrected chi connectivity index (χ4v) is 2.17. The van der Waals surface area contributed by atoms with Crippen molar-refractivity contribution in [2.75, 3.05) is 11.1 Å². The Balaban J connectivity index is 1.82. The monoisotopic (exact) mass is 365 g/mol. The summed E-state index contributed by atoms with van der Waals surface area (Å²) in [6.45, 7) is 0. The molecule has 0 radical (unpaired) electrons. The van der Waals surface area contributed by atoms with Gasteiger partial charge >= 0.3 is 6.18 Å². The van der Waals surface area contributed by atoms with Crippen LogP contribution in [0.15, 0.2) is 48.8 Å². The van der Waals surface area contributed by atoms with Crippen molar-refractivity contribution in [1.29, 1.82) is 0 Å². The summed E-state index contributed by atoms with van der Waals surface area (Å²) < 4.78 is 52.4. The molecule has 26 heavy (non-hydrogen) atoms. The molecule has 0 aliphatic rings. The SMILES string of the molecule is Nc1c(C(=O)Nc2ccc(C(F)(F)F)cn2)cnn1-c1ccccc1F. The van der Waals surface area contributed by atoms with E-state index in [0.717, 1.165) is 23.0 Å². The van der Waals surface area contributed by atoms with Crippen LogP contribution in [0, 0.1) is 5.82 Å². The van der Waals surface area contributed by atoms with Crippen molar-refractivity contribution in [3.63, 3.8) is 0 Å². The number of carbonyl (C=O) groups excluding carboxylic acids is 1. The number of hydrogen-bond acceptors (Lipinski definition) is 4. The maximum atomic E-state index is 13.8. The molecule has 0 unspecified atom stereocenters. The Morgan fingerprint density at radius 1 is 1.12 bits per heavy atom. The van der Waals surface area contributed by atoms with Gasteiger partial charge in [0.2, 0.25) is 0 Å². The predicted octanol–water partition coefficient (Wildman–Crippen LogP) is 3.26. The predicted molar refractivity (Wildman–Crippen MR) is 85.1 cm³/mol. The second-order valence-corrected chi connectivity index (χ2v) is 5.19. The summed E-state index contributed by atoms with van der Waals surface area (Å²) in [6.07, 6.45) is -2.80. The Kier molecular flexibility index (Phi) is 4.33. The van der Waals surface area contributed by atoms with Crippen LogP contribution >= 0.6 is 0 Å². The molecular weight excluding hydrogens is 354 g/mol. The molecule has 0 saturated heterocycles. The van der Waals surface area contributed by atoms with Crippen molar-refractivity contribution in [2.45, 2.75) is 6.18 Å². The smallest absolute Gasteiger partial charge is 0.383 e. The van der Waals surface area contributed by atoms with Gasteiger partial charge in [-0.3, -0.25) is 4.79 Å². The maximum absolute atomic E-state index is 13.8. The highest BCUT2D eigenvalue weighted by molar-refractivity contribution is 6.06. The number of halogens is 4. The lowest BCUT2D eigenvalue weighted by molar-refractivity contribution is -0.137. The molecule has 0 aliphatic heterocycles. The van der Waals surface area contributed by atoms with E-state index in [-0.39, 0.29) is 22.9 Å². The molecule has 3 aromatic rings. The normalized spacial score (nSPS) is 11.4. The third-order valence-corrected chi connectivity index (χ3v) is 3.46. The molecule has 2 heterocycles. The number of nitrogens with two attached hydrogens (primary N) is 1. The molecule has 0 aliphatic carbocycles. The number of carbonyl (C=O) groups is 1. The van der Waals surface area contributed by atoms with Gasteiger partial charge in [0.15, 0.2) is 0 Å². The quantitative estimate of drug-likeness (QED) is 0.698. The van der Waals surface area contributed by atoms with Gasteiger partial charge in [-0.1, -0.05) is 12.1 Å². The zero-order valence-corrected chi connectivity index (χ0v) is 13.0. The largest absolute Gasteiger partial charge is 0.417 e. The van der Waals surface area contributed by atoms with Crippen LogP contribution in [0.5, 0.6) is 0 Å². The van der Waals surface area contributed by atoms with Crippen LogP contribution in [0.4, 0.5) is 29.2 Å². The zero-order valence-electron chi connectivity index (χ0n) is 13.0. The molecule has 0 atom stereocenters. The second kappa shape index (κ2) is 6.47. The number of aromatic nitrogens is 3. The minimum Gasteiger partial charge on any atom is -0.383 e. The highest BCUT2D eigenvalue weighted by Gasteiger charge is 2.30. The lowest BCUT2D eigenvalue weighted by Crippen LogP contribution is -2.15. The van der Waals surface area contributed by atoms with Crippen LogP contribution in [0.3, 0.4) is 0 Å². The van der Waals surface area contributed by atoms with E-state index >= 15 is 0 Å². The number of alkyl halides is 3. The summed E-state index contributed by atoms with van der Waals surface area (Å²) in [5.74, 6) is -1.54. The molecule has 3 rings (SSSR count). The first-order valence-electron chi connectivity index (χ1n) is 7.20. The fraction of sp³-hybridized carbons (Fsp3) is 0.0625. The molecule has 134 valence electrons. The van der Waals surface area contributed by atoms with Crippen LogP contribution in [0.2, 0.25) is 0 Å². The summed E-state index contributed by atoms with van der Waals surface area (Å²) in [4.78, 5) is 15.8. The van der Waals surface area contributed by atoms with Gasteiger partial charge in [0.25, 0.3) is 5.91 Å². The van der Waals surface area contributed by atoms with Crippen LogP contribution < -0.4 is 11.1 Å². The average molecular weight is 365 g/mol. The van der Waals surface area contributed by atoms with E-state index in [4.69, 9.17) is 5.73 Å². The number of amides is 1. The van der Waals surface area contributed by atoms with E-state index in [1.807, 2.05) is 0 Å². The van der Waals surface area contributed by atoms with Gasteiger partial charge in [0.1, 0.15) is 28.7 Å². The summed E-state index contributed by atoms with van der Waals surface area (Å²) in [5.41, 5.74) is 4.88. The highest BCUT2D eigenvalue weighted by Crippen LogP contribution is 2.29. The van der Waals surface area contributed by atoms with Gasteiger partial charge in [0, 0.05) is 6.20 Å². The molecule has 1 amide bonds. The number of rotatable bonds is 3. The number of nitrogen functional groups attached to an aromatic ring is 1. The number of benzene rings is 1. The molecule has 3 N–H and O–H groups in total. The van der Waals surface area contributed by atoms with Crippen molar-refractivity contribution in [1.82, 2.24) is 14.8 Å². The lowest BCUT2D eigenvalue weighted by Gasteiger charge is -2.08. The molecule has 0 saturated carbocycles. The number of pyridine rings is 1. The van der Waals surface area contributed by atoms with Crippen molar-refractivity contribution in [3.8, 4) is 5.69 Å². The van der Waals surface area contributed by atoms with Crippen LogP contribution in [0.1, 0.15) is 15.9 Å². The molecule has 0 fully saturated rings. The third kappa shape index (κ3) is 3.34. The van der Waals surface area contributed by atoms with Crippen molar-refractivity contribution in [2.24, 2.45) is 0 Å². The summed E-state index contributed by atoms with van der Waals surface area (Å²) in [5, 5.41) is 6.19. The fourth-order valence-electron chi connectivity index (χ4n) is 2.17. The topological polar surface area (TPSA) is 85.8 Å². The van der Waals surface area contributed by atoms with E-state index in [2.05, 4.69) is 15.4 Å². The van der Waals surface area contributed by atoms with E-state index in [0.29, 0.717) is 6.20 Å². The molecule has 0 spiro atoms. The number of nitrogens with zero attached hydrogens (tertiary/aromatic N) is 3. The van der Waals surface area contributed by atoms with E-state index < -0.39 is 23.5 Å². The van der Waals surface area contributed by atoms with Gasteiger partial charge < -0.3 is 11.1 Å². The molecule has 2 aromatic heterocycles. The van der Waals surface area contributed by atoms with Gasteiger partial charge in [0.05, 0.1) is 11.8 Å². The van der Waals surface area contributed by atoms with Crippen molar-refractivity contribution >= 4 is 17.5 Å². The Bertz CT molecular complexity index is 950. The Morgan fingerprint density at radius 2 is 1.85 bits per heavy atom. The molecule has 1 aromatic carbocycles. The first-order chi connectivity index (χ1) is 12.3. The lowest BCUT2D eigenvalue weighted by atomic mass is 10.2. The molecule has 0 bridgehead atoms. The first kappa shape index (κ1) is 17.4. The van der Waals surface area contributed by atoms with E-state index in [1.54, 1.807) is 6.07 Å². The Labute approximate surface area is 144 Å². The Morgan fingerprint density at radius 3 is 2.46 bits per heavy atom. The maximum Gasteiger partial charge on any atom is 0.417 e. The standard InChI is InChI=1S/C16H11F4N5O/c17-11-3-1-2-4-12(11)25-14(21)10(8-23-25)15(26)24-13-6-5-9(7-22-13)16(18,19)20/h1-8H,21H2,(H,22,24,26). The molecule has 10 heteroatoms. The van der Waals surface area contributed by atoms with Gasteiger partial charge in [-0.2, -0.15) is 18.3 Å². The van der Waals surface area contributed by atoms with Crippen LogP contribution in [-0.2, 0) is 6.18 Å². The van der Waals surface area contributed by atoms with Gasteiger partial charge in [-0.05, 0) is 24.3 Å². The van der Waals surface area contributed by atoms with E-state index in [1.165, 1.54) is 18.2 Å². The van der Waals surface area contributed by atoms with Crippen molar-refractivity contribution < 1.29 is 22.4 Å². The Hall–Kier alpha value is -3.43. The number of anilines is 2. The zero-order chi connectivity index (χ0) is 18.9. The van der Waals surface area contributed by atoms with Gasteiger partial charge in [-0.15, -0.1) is 0 Å². The third-order valence-electron chi connectivity index (χ3n) is 3.46. The van der Waals surface area contributed by atoms with E-state index in [9.17, 15) is 22.4 Å². The highest BCUT2D eigenvalue weighted by atomic mass is 19.4. The number of para-hydroxylation sites is 1. The average Bonchev–Trinajstić information content (AvgIpc) is 2.96. The molecule has 6 nitrogen and oxygen atoms in total. The summed E-state index contributed by atoms with van der Waals surface area (Å²) in [6, 6.07) is 7.50. The van der Waals surface area contributed by atoms with Crippen LogP contribution in [0.25, 0.3) is 5.69 Å². The second-order valence-electron chi connectivity index (χ2n) is 5.19. The van der Waals surface area contributed by atoms with Crippen LogP contribution in [-0.4, -0.2) is 20.7 Å². The number of hydrogen-bond donors (Lipinski definition) is 2.